The van der Waals surface area contributed by atoms with Crippen molar-refractivity contribution in [3.63, 3.8) is 0 Å². The zero-order valence-electron chi connectivity index (χ0n) is 17.4. The number of hydrogen-bond donors (Lipinski definition) is 0. The van der Waals surface area contributed by atoms with Crippen molar-refractivity contribution in [1.29, 1.82) is 0 Å². The maximum atomic E-state index is 5.14. The first-order chi connectivity index (χ1) is 11.3. The molecule has 0 aliphatic carbocycles. The third-order valence-corrected chi connectivity index (χ3v) is 4.09. The zero-order chi connectivity index (χ0) is 18.1. The highest BCUT2D eigenvalue weighted by atomic mass is 16.5. The molecule has 0 aromatic carbocycles. The van der Waals surface area contributed by atoms with Gasteiger partial charge in [0.05, 0.1) is 6.61 Å². The standard InChI is InChI=1S/C13H27N3O.3C2H6/c1-14-5-7-16(8-6-14)12-13-3-4-15(11-13)9-10-17-2;3*1-2/h13H,3-12H2,1-2H3;3*1-2H3. The first kappa shape index (κ1) is 25.1. The van der Waals surface area contributed by atoms with Crippen LogP contribution in [0.15, 0.2) is 0 Å². The summed E-state index contributed by atoms with van der Waals surface area (Å²) in [6, 6.07) is 0. The number of ether oxygens (including phenoxy) is 1. The van der Waals surface area contributed by atoms with Gasteiger partial charge in [0.1, 0.15) is 0 Å². The van der Waals surface area contributed by atoms with Gasteiger partial charge >= 0.3 is 0 Å². The zero-order valence-corrected chi connectivity index (χ0v) is 17.4. The van der Waals surface area contributed by atoms with Crippen LogP contribution in [-0.4, -0.2) is 87.8 Å². The lowest BCUT2D eigenvalue weighted by molar-refractivity contribution is 0.131. The van der Waals surface area contributed by atoms with Crippen LogP contribution in [0.4, 0.5) is 0 Å². The summed E-state index contributed by atoms with van der Waals surface area (Å²) >= 11 is 0. The van der Waals surface area contributed by atoms with Gasteiger partial charge in [-0.25, -0.2) is 0 Å². The van der Waals surface area contributed by atoms with Crippen molar-refractivity contribution in [1.82, 2.24) is 14.7 Å². The van der Waals surface area contributed by atoms with Gasteiger partial charge in [-0.1, -0.05) is 41.5 Å². The highest BCUT2D eigenvalue weighted by Gasteiger charge is 2.25. The smallest absolute Gasteiger partial charge is 0.0589 e. The van der Waals surface area contributed by atoms with Crippen molar-refractivity contribution in [3.05, 3.63) is 0 Å². The SMILES string of the molecule is CC.CC.CC.COCCN1CCC(CN2CCN(C)CC2)C1. The lowest BCUT2D eigenvalue weighted by Crippen LogP contribution is -2.46. The fourth-order valence-electron chi connectivity index (χ4n) is 2.88. The van der Waals surface area contributed by atoms with Crippen molar-refractivity contribution in [2.24, 2.45) is 5.92 Å². The first-order valence-corrected chi connectivity index (χ1v) is 9.90. The predicted molar refractivity (Wildman–Crippen MR) is 104 cm³/mol. The molecule has 2 aliphatic heterocycles. The number of piperazine rings is 1. The van der Waals surface area contributed by atoms with E-state index in [4.69, 9.17) is 4.74 Å². The molecule has 0 N–H and O–H groups in total. The van der Waals surface area contributed by atoms with E-state index in [2.05, 4.69) is 21.7 Å². The highest BCUT2D eigenvalue weighted by molar-refractivity contribution is 4.80. The van der Waals surface area contributed by atoms with Crippen LogP contribution in [0.25, 0.3) is 0 Å². The Hall–Kier alpha value is -0.160. The van der Waals surface area contributed by atoms with Crippen LogP contribution >= 0.6 is 0 Å². The van der Waals surface area contributed by atoms with E-state index in [-0.39, 0.29) is 0 Å². The molecule has 2 heterocycles. The molecule has 1 atom stereocenters. The molecule has 2 aliphatic rings. The largest absolute Gasteiger partial charge is 0.383 e. The maximum Gasteiger partial charge on any atom is 0.0589 e. The van der Waals surface area contributed by atoms with Gasteiger partial charge in [-0.3, -0.25) is 0 Å². The Morgan fingerprint density at radius 3 is 1.91 bits per heavy atom. The fourth-order valence-corrected chi connectivity index (χ4v) is 2.88. The minimum Gasteiger partial charge on any atom is -0.383 e. The summed E-state index contributed by atoms with van der Waals surface area (Å²) in [5, 5.41) is 0. The minimum atomic E-state index is 0.876. The Kier molecular flexibility index (Phi) is 19.8. The minimum absolute atomic E-state index is 0.876. The molecule has 0 spiro atoms. The molecule has 0 radical (unpaired) electrons. The van der Waals surface area contributed by atoms with Gasteiger partial charge in [-0.15, -0.1) is 0 Å². The monoisotopic (exact) mass is 331 g/mol. The van der Waals surface area contributed by atoms with Crippen LogP contribution in [0.3, 0.4) is 0 Å². The van der Waals surface area contributed by atoms with Gasteiger partial charge < -0.3 is 19.4 Å². The predicted octanol–water partition coefficient (Wildman–Crippen LogP) is 3.28. The second-order valence-electron chi connectivity index (χ2n) is 5.55. The van der Waals surface area contributed by atoms with Crippen molar-refractivity contribution in [3.8, 4) is 0 Å². The van der Waals surface area contributed by atoms with Crippen LogP contribution in [0.2, 0.25) is 0 Å². The summed E-state index contributed by atoms with van der Waals surface area (Å²) in [5.74, 6) is 0.885. The molecule has 0 amide bonds. The normalized spacial score (nSPS) is 22.2. The van der Waals surface area contributed by atoms with Crippen molar-refractivity contribution in [2.75, 3.05) is 73.1 Å². The summed E-state index contributed by atoms with van der Waals surface area (Å²) in [4.78, 5) is 7.62. The summed E-state index contributed by atoms with van der Waals surface area (Å²) in [5.41, 5.74) is 0. The van der Waals surface area contributed by atoms with Crippen molar-refractivity contribution >= 4 is 0 Å². The van der Waals surface area contributed by atoms with Gasteiger partial charge in [0, 0.05) is 52.9 Å². The number of rotatable bonds is 5. The maximum absolute atomic E-state index is 5.14. The molecule has 0 aromatic rings. The summed E-state index contributed by atoms with van der Waals surface area (Å²) in [7, 11) is 4.01. The molecular weight excluding hydrogens is 286 g/mol. The Morgan fingerprint density at radius 2 is 1.39 bits per heavy atom. The quantitative estimate of drug-likeness (QED) is 0.769. The molecule has 0 aromatic heterocycles. The van der Waals surface area contributed by atoms with Crippen LogP contribution in [0.1, 0.15) is 48.0 Å². The van der Waals surface area contributed by atoms with Crippen molar-refractivity contribution in [2.45, 2.75) is 48.0 Å². The number of likely N-dealkylation sites (N-methyl/N-ethyl adjacent to an activating group) is 1. The molecule has 23 heavy (non-hydrogen) atoms. The summed E-state index contributed by atoms with van der Waals surface area (Å²) < 4.78 is 5.14. The van der Waals surface area contributed by atoms with Gasteiger partial charge in [0.15, 0.2) is 0 Å². The van der Waals surface area contributed by atoms with E-state index in [9.17, 15) is 0 Å². The number of hydrogen-bond acceptors (Lipinski definition) is 4. The molecule has 0 bridgehead atoms. The second-order valence-corrected chi connectivity index (χ2v) is 5.55. The average molecular weight is 332 g/mol. The number of likely N-dealkylation sites (tertiary alicyclic amines) is 1. The summed E-state index contributed by atoms with van der Waals surface area (Å²) in [6.07, 6.45) is 1.37. The molecular formula is C19H45N3O. The Bertz CT molecular complexity index is 219. The van der Waals surface area contributed by atoms with Gasteiger partial charge in [-0.05, 0) is 25.9 Å². The van der Waals surface area contributed by atoms with Crippen LogP contribution < -0.4 is 0 Å². The van der Waals surface area contributed by atoms with Gasteiger partial charge in [-0.2, -0.15) is 0 Å². The molecule has 2 fully saturated rings. The second kappa shape index (κ2) is 18.2. The summed E-state index contributed by atoms with van der Waals surface area (Å²) in [6.45, 7) is 22.8. The first-order valence-electron chi connectivity index (χ1n) is 9.90. The topological polar surface area (TPSA) is 19.0 Å². The third kappa shape index (κ3) is 11.9. The van der Waals surface area contributed by atoms with Crippen LogP contribution in [0.5, 0.6) is 0 Å². The van der Waals surface area contributed by atoms with E-state index < -0.39 is 0 Å². The molecule has 2 saturated heterocycles. The van der Waals surface area contributed by atoms with E-state index in [0.717, 1.165) is 19.1 Å². The number of methoxy groups -OCH3 is 1. The van der Waals surface area contributed by atoms with E-state index in [0.29, 0.717) is 0 Å². The molecule has 0 saturated carbocycles. The van der Waals surface area contributed by atoms with E-state index in [1.807, 2.05) is 41.5 Å². The fraction of sp³-hybridized carbons (Fsp3) is 1.00. The molecule has 2 rings (SSSR count). The molecule has 1 unspecified atom stereocenters. The Labute approximate surface area is 147 Å². The van der Waals surface area contributed by atoms with Crippen LogP contribution in [0, 0.1) is 5.92 Å². The van der Waals surface area contributed by atoms with Crippen molar-refractivity contribution < 1.29 is 4.74 Å². The average Bonchev–Trinajstić information content (AvgIpc) is 3.08. The molecule has 4 heteroatoms. The van der Waals surface area contributed by atoms with E-state index in [1.165, 1.54) is 52.2 Å². The lowest BCUT2D eigenvalue weighted by Gasteiger charge is -2.33. The Balaban J connectivity index is 0. The van der Waals surface area contributed by atoms with Crippen LogP contribution in [-0.2, 0) is 4.74 Å². The lowest BCUT2D eigenvalue weighted by atomic mass is 10.1. The Morgan fingerprint density at radius 1 is 0.826 bits per heavy atom. The highest BCUT2D eigenvalue weighted by Crippen LogP contribution is 2.17. The third-order valence-electron chi connectivity index (χ3n) is 4.09. The van der Waals surface area contributed by atoms with Gasteiger partial charge in [0.2, 0.25) is 0 Å². The molecule has 142 valence electrons. The molecule has 4 nitrogen and oxygen atoms in total. The van der Waals surface area contributed by atoms with Gasteiger partial charge in [0.25, 0.3) is 0 Å². The number of nitrogens with zero attached hydrogens (tertiary/aromatic N) is 3. The van der Waals surface area contributed by atoms with E-state index in [1.54, 1.807) is 7.11 Å². The van der Waals surface area contributed by atoms with E-state index >= 15 is 0 Å².